The molecular weight excluding hydrogens is 221 g/mol. The molecule has 0 bridgehead atoms. The van der Waals surface area contributed by atoms with Crippen LogP contribution in [0.2, 0.25) is 0 Å². The van der Waals surface area contributed by atoms with Crippen molar-refractivity contribution in [2.75, 3.05) is 18.3 Å². The zero-order valence-electron chi connectivity index (χ0n) is 9.07. The Morgan fingerprint density at radius 3 is 2.14 bits per heavy atom. The van der Waals surface area contributed by atoms with Crippen molar-refractivity contribution in [2.24, 2.45) is 11.3 Å². The quantitative estimate of drug-likeness (QED) is 0.735. The zero-order chi connectivity index (χ0) is 11.2. The summed E-state index contributed by atoms with van der Waals surface area (Å²) in [6, 6.07) is 0. The first-order valence-electron chi connectivity index (χ1n) is 4.82. The fourth-order valence-electron chi connectivity index (χ4n) is 0.851. The van der Waals surface area contributed by atoms with Crippen molar-refractivity contribution >= 4 is 29.1 Å². The minimum atomic E-state index is -0.322. The maximum Gasteiger partial charge on any atom is 0.225 e. The number of alkyl halides is 2. The second-order valence-corrected chi connectivity index (χ2v) is 5.09. The van der Waals surface area contributed by atoms with Crippen LogP contribution in [0.25, 0.3) is 0 Å². The summed E-state index contributed by atoms with van der Waals surface area (Å²) >= 11 is 11.4. The highest BCUT2D eigenvalue weighted by Crippen LogP contribution is 2.13. The second kappa shape index (κ2) is 6.52. The zero-order valence-corrected chi connectivity index (χ0v) is 10.6. The number of hydrogen-bond donors (Lipinski definition) is 1. The molecule has 14 heavy (non-hydrogen) atoms. The summed E-state index contributed by atoms with van der Waals surface area (Å²) in [7, 11) is 0. The Labute approximate surface area is 96.3 Å². The maximum atomic E-state index is 11.4. The van der Waals surface area contributed by atoms with Gasteiger partial charge in [-0.2, -0.15) is 0 Å². The largest absolute Gasteiger partial charge is 0.356 e. The second-order valence-electron chi connectivity index (χ2n) is 4.47. The van der Waals surface area contributed by atoms with Gasteiger partial charge in [-0.1, -0.05) is 20.8 Å². The summed E-state index contributed by atoms with van der Waals surface area (Å²) in [4.78, 5) is 11.4. The van der Waals surface area contributed by atoms with Crippen molar-refractivity contribution in [1.82, 2.24) is 5.32 Å². The summed E-state index contributed by atoms with van der Waals surface area (Å²) in [6.45, 7) is 6.33. The summed E-state index contributed by atoms with van der Waals surface area (Å²) in [5.41, 5.74) is -0.322. The van der Waals surface area contributed by atoms with E-state index in [1.807, 2.05) is 20.8 Å². The van der Waals surface area contributed by atoms with Gasteiger partial charge in [0, 0.05) is 23.7 Å². The molecule has 0 radical (unpaired) electrons. The molecule has 0 aromatic heterocycles. The van der Waals surface area contributed by atoms with Crippen LogP contribution in [-0.2, 0) is 4.79 Å². The number of carbonyl (C=O) groups excluding carboxylic acids is 1. The number of rotatable bonds is 5. The van der Waals surface area contributed by atoms with E-state index in [1.54, 1.807) is 0 Å². The van der Waals surface area contributed by atoms with Gasteiger partial charge in [-0.25, -0.2) is 0 Å². The van der Waals surface area contributed by atoms with Crippen LogP contribution in [-0.4, -0.2) is 24.2 Å². The van der Waals surface area contributed by atoms with Crippen molar-refractivity contribution in [3.8, 4) is 0 Å². The van der Waals surface area contributed by atoms with Crippen LogP contribution >= 0.6 is 23.2 Å². The van der Waals surface area contributed by atoms with Crippen LogP contribution in [0.3, 0.4) is 0 Å². The molecule has 1 amide bonds. The Kier molecular flexibility index (Phi) is 6.54. The van der Waals surface area contributed by atoms with Gasteiger partial charge in [0.15, 0.2) is 0 Å². The molecule has 2 nitrogen and oxygen atoms in total. The Balaban J connectivity index is 3.69. The lowest BCUT2D eigenvalue weighted by Gasteiger charge is -2.18. The number of hydrogen-bond acceptors (Lipinski definition) is 1. The molecule has 0 aliphatic heterocycles. The molecule has 84 valence electrons. The van der Waals surface area contributed by atoms with Gasteiger partial charge in [0.2, 0.25) is 5.91 Å². The third-order valence-corrected chi connectivity index (χ3v) is 2.83. The van der Waals surface area contributed by atoms with Crippen molar-refractivity contribution in [3.63, 3.8) is 0 Å². The molecule has 1 N–H and O–H groups in total. The Bertz CT molecular complexity index is 173. The maximum absolute atomic E-state index is 11.4. The van der Waals surface area contributed by atoms with Crippen LogP contribution in [0.5, 0.6) is 0 Å². The predicted molar refractivity (Wildman–Crippen MR) is 62.0 cm³/mol. The molecule has 0 heterocycles. The minimum absolute atomic E-state index is 0.0698. The standard InChI is InChI=1S/C10H19Cl2NO/c1-10(2,3)9(14)13-5-4-8(6-11)7-12/h8H,4-7H2,1-3H3,(H,13,14). The molecule has 0 saturated heterocycles. The highest BCUT2D eigenvalue weighted by molar-refractivity contribution is 6.20. The first kappa shape index (κ1) is 14.1. The lowest BCUT2D eigenvalue weighted by atomic mass is 9.95. The first-order chi connectivity index (χ1) is 6.41. The van der Waals surface area contributed by atoms with Crippen molar-refractivity contribution in [1.29, 1.82) is 0 Å². The van der Waals surface area contributed by atoms with E-state index in [0.717, 1.165) is 6.42 Å². The van der Waals surface area contributed by atoms with Gasteiger partial charge >= 0.3 is 0 Å². The molecule has 0 fully saturated rings. The van der Waals surface area contributed by atoms with E-state index in [1.165, 1.54) is 0 Å². The van der Waals surface area contributed by atoms with E-state index in [0.29, 0.717) is 24.2 Å². The number of carbonyl (C=O) groups is 1. The molecule has 0 atom stereocenters. The van der Waals surface area contributed by atoms with Crippen molar-refractivity contribution in [2.45, 2.75) is 27.2 Å². The van der Waals surface area contributed by atoms with E-state index >= 15 is 0 Å². The lowest BCUT2D eigenvalue weighted by Crippen LogP contribution is -2.36. The van der Waals surface area contributed by atoms with Crippen LogP contribution in [0, 0.1) is 11.3 Å². The van der Waals surface area contributed by atoms with Crippen molar-refractivity contribution in [3.05, 3.63) is 0 Å². The van der Waals surface area contributed by atoms with Gasteiger partial charge in [-0.3, -0.25) is 4.79 Å². The van der Waals surface area contributed by atoms with E-state index in [2.05, 4.69) is 5.32 Å². The summed E-state index contributed by atoms with van der Waals surface area (Å²) < 4.78 is 0. The molecule has 0 aromatic rings. The lowest BCUT2D eigenvalue weighted by molar-refractivity contribution is -0.128. The summed E-state index contributed by atoms with van der Waals surface area (Å²) in [5.74, 6) is 1.46. The summed E-state index contributed by atoms with van der Waals surface area (Å²) in [6.07, 6.45) is 0.842. The Morgan fingerprint density at radius 1 is 1.29 bits per heavy atom. The number of halogens is 2. The average molecular weight is 240 g/mol. The van der Waals surface area contributed by atoms with Gasteiger partial charge in [-0.15, -0.1) is 23.2 Å². The van der Waals surface area contributed by atoms with E-state index in [4.69, 9.17) is 23.2 Å². The molecule has 0 aromatic carbocycles. The molecule has 0 unspecified atom stereocenters. The highest BCUT2D eigenvalue weighted by atomic mass is 35.5. The molecule has 0 rings (SSSR count). The molecule has 0 aliphatic rings. The fraction of sp³-hybridized carbons (Fsp3) is 0.900. The summed E-state index contributed by atoms with van der Waals surface area (Å²) in [5, 5.41) is 2.87. The van der Waals surface area contributed by atoms with Crippen LogP contribution in [0.4, 0.5) is 0 Å². The third kappa shape index (κ3) is 5.71. The molecular formula is C10H19Cl2NO. The first-order valence-corrected chi connectivity index (χ1v) is 5.89. The van der Waals surface area contributed by atoms with Gasteiger partial charge in [0.1, 0.15) is 0 Å². The normalized spacial score (nSPS) is 11.9. The highest BCUT2D eigenvalue weighted by Gasteiger charge is 2.20. The van der Waals surface area contributed by atoms with Gasteiger partial charge in [0.05, 0.1) is 0 Å². The molecule has 0 spiro atoms. The number of nitrogens with one attached hydrogen (secondary N) is 1. The van der Waals surface area contributed by atoms with E-state index in [9.17, 15) is 4.79 Å². The van der Waals surface area contributed by atoms with Crippen LogP contribution < -0.4 is 5.32 Å². The van der Waals surface area contributed by atoms with E-state index < -0.39 is 0 Å². The molecule has 0 aliphatic carbocycles. The fourth-order valence-corrected chi connectivity index (χ4v) is 1.49. The average Bonchev–Trinajstić information content (AvgIpc) is 2.10. The Morgan fingerprint density at radius 2 is 1.79 bits per heavy atom. The topological polar surface area (TPSA) is 29.1 Å². The minimum Gasteiger partial charge on any atom is -0.356 e. The van der Waals surface area contributed by atoms with Gasteiger partial charge in [0.25, 0.3) is 0 Å². The van der Waals surface area contributed by atoms with Gasteiger partial charge < -0.3 is 5.32 Å². The van der Waals surface area contributed by atoms with E-state index in [-0.39, 0.29) is 11.3 Å². The number of amides is 1. The van der Waals surface area contributed by atoms with Crippen molar-refractivity contribution < 1.29 is 4.79 Å². The molecule has 4 heteroatoms. The van der Waals surface area contributed by atoms with Crippen LogP contribution in [0.15, 0.2) is 0 Å². The van der Waals surface area contributed by atoms with Gasteiger partial charge in [-0.05, 0) is 12.3 Å². The third-order valence-electron chi connectivity index (χ3n) is 1.96. The molecule has 0 saturated carbocycles. The SMILES string of the molecule is CC(C)(C)C(=O)NCCC(CCl)CCl. The van der Waals surface area contributed by atoms with Crippen LogP contribution in [0.1, 0.15) is 27.2 Å². The monoisotopic (exact) mass is 239 g/mol. The smallest absolute Gasteiger partial charge is 0.225 e. The predicted octanol–water partition coefficient (Wildman–Crippen LogP) is 2.63. The Hall–Kier alpha value is 0.0500.